The topological polar surface area (TPSA) is 30.5 Å². The highest BCUT2D eigenvalue weighted by molar-refractivity contribution is 8.00. The van der Waals surface area contributed by atoms with Crippen LogP contribution >= 0.6 is 11.8 Å². The number of thioether (sulfide) groups is 1. The average Bonchev–Trinajstić information content (AvgIpc) is 3.19. The molecule has 0 bridgehead atoms. The molecular weight excluding hydrogens is 246 g/mol. The number of ether oxygens (including phenoxy) is 2. The first-order valence-corrected chi connectivity index (χ1v) is 7.42. The number of hydrogen-bond acceptors (Lipinski definition) is 4. The molecule has 1 saturated carbocycles. The normalized spacial score (nSPS) is 16.4. The maximum atomic E-state index is 5.39. The molecule has 1 aliphatic rings. The fourth-order valence-electron chi connectivity index (χ4n) is 2.02. The molecular formula is C14H21NO2S. The van der Waals surface area contributed by atoms with Crippen LogP contribution in [0.2, 0.25) is 0 Å². The molecule has 0 aromatic heterocycles. The number of benzene rings is 1. The summed E-state index contributed by atoms with van der Waals surface area (Å²) in [6.07, 6.45) is 4.87. The zero-order chi connectivity index (χ0) is 13.0. The van der Waals surface area contributed by atoms with Crippen LogP contribution < -0.4 is 14.8 Å². The van der Waals surface area contributed by atoms with Crippen molar-refractivity contribution in [2.45, 2.75) is 24.1 Å². The van der Waals surface area contributed by atoms with Gasteiger partial charge in [0.2, 0.25) is 0 Å². The summed E-state index contributed by atoms with van der Waals surface area (Å²) in [5.41, 5.74) is 1.18. The van der Waals surface area contributed by atoms with Crippen molar-refractivity contribution >= 4 is 11.8 Å². The molecule has 0 heterocycles. The minimum absolute atomic E-state index is 0.500. The molecule has 100 valence electrons. The van der Waals surface area contributed by atoms with Gasteiger partial charge in [-0.1, -0.05) is 6.07 Å². The summed E-state index contributed by atoms with van der Waals surface area (Å²) in [4.78, 5) is 0. The first-order chi connectivity index (χ1) is 8.73. The van der Waals surface area contributed by atoms with Crippen molar-refractivity contribution in [1.82, 2.24) is 5.32 Å². The SMILES string of the molecule is COc1ccc(CNCC2(SC)CC2)c(OC)c1. The summed E-state index contributed by atoms with van der Waals surface area (Å²) in [6, 6.07) is 5.96. The molecule has 0 aliphatic heterocycles. The lowest BCUT2D eigenvalue weighted by molar-refractivity contribution is 0.390. The maximum Gasteiger partial charge on any atom is 0.127 e. The predicted octanol–water partition coefficient (Wildman–Crippen LogP) is 2.69. The second kappa shape index (κ2) is 5.85. The highest BCUT2D eigenvalue weighted by Crippen LogP contribution is 2.46. The van der Waals surface area contributed by atoms with E-state index in [4.69, 9.17) is 9.47 Å². The first kappa shape index (κ1) is 13.6. The van der Waals surface area contributed by atoms with Gasteiger partial charge in [0.25, 0.3) is 0 Å². The van der Waals surface area contributed by atoms with Crippen LogP contribution in [0, 0.1) is 0 Å². The van der Waals surface area contributed by atoms with Gasteiger partial charge in [0.1, 0.15) is 11.5 Å². The third-order valence-electron chi connectivity index (χ3n) is 3.50. The van der Waals surface area contributed by atoms with E-state index in [2.05, 4.69) is 17.6 Å². The van der Waals surface area contributed by atoms with Crippen molar-refractivity contribution in [2.24, 2.45) is 0 Å². The van der Waals surface area contributed by atoms with Crippen LogP contribution in [0.4, 0.5) is 0 Å². The van der Waals surface area contributed by atoms with Gasteiger partial charge in [0.05, 0.1) is 14.2 Å². The molecule has 1 aliphatic carbocycles. The quantitative estimate of drug-likeness (QED) is 0.823. The molecule has 3 nitrogen and oxygen atoms in total. The van der Waals surface area contributed by atoms with Gasteiger partial charge in [-0.05, 0) is 25.2 Å². The molecule has 0 amide bonds. The van der Waals surface area contributed by atoms with Gasteiger partial charge in [-0.15, -0.1) is 0 Å². The maximum absolute atomic E-state index is 5.39. The Labute approximate surface area is 113 Å². The highest BCUT2D eigenvalue weighted by Gasteiger charge is 2.41. The molecule has 1 N–H and O–H groups in total. The minimum Gasteiger partial charge on any atom is -0.497 e. The number of hydrogen-bond donors (Lipinski definition) is 1. The van der Waals surface area contributed by atoms with E-state index in [9.17, 15) is 0 Å². The van der Waals surface area contributed by atoms with Crippen LogP contribution in [-0.4, -0.2) is 31.8 Å². The molecule has 4 heteroatoms. The Morgan fingerprint density at radius 1 is 1.28 bits per heavy atom. The lowest BCUT2D eigenvalue weighted by atomic mass is 10.2. The fraction of sp³-hybridized carbons (Fsp3) is 0.571. The Balaban J connectivity index is 1.92. The number of methoxy groups -OCH3 is 2. The van der Waals surface area contributed by atoms with Crippen LogP contribution in [-0.2, 0) is 6.54 Å². The van der Waals surface area contributed by atoms with Gasteiger partial charge < -0.3 is 14.8 Å². The van der Waals surface area contributed by atoms with Crippen molar-refractivity contribution in [3.05, 3.63) is 23.8 Å². The summed E-state index contributed by atoms with van der Waals surface area (Å²) in [6.45, 7) is 1.92. The third kappa shape index (κ3) is 3.12. The molecule has 0 saturated heterocycles. The number of nitrogens with one attached hydrogen (secondary N) is 1. The Bertz CT molecular complexity index is 405. The zero-order valence-electron chi connectivity index (χ0n) is 11.3. The Kier molecular flexibility index (Phi) is 4.40. The Hall–Kier alpha value is -0.870. The van der Waals surface area contributed by atoms with E-state index in [0.717, 1.165) is 24.6 Å². The van der Waals surface area contributed by atoms with Gasteiger partial charge in [-0.2, -0.15) is 11.8 Å². The smallest absolute Gasteiger partial charge is 0.127 e. The minimum atomic E-state index is 0.500. The lowest BCUT2D eigenvalue weighted by Gasteiger charge is -2.15. The van der Waals surface area contributed by atoms with E-state index in [1.54, 1.807) is 14.2 Å². The van der Waals surface area contributed by atoms with Crippen LogP contribution in [0.3, 0.4) is 0 Å². The second-order valence-electron chi connectivity index (χ2n) is 4.67. The monoisotopic (exact) mass is 267 g/mol. The zero-order valence-corrected chi connectivity index (χ0v) is 12.1. The molecule has 0 unspecified atom stereocenters. The van der Waals surface area contributed by atoms with Crippen LogP contribution in [0.5, 0.6) is 11.5 Å². The molecule has 1 fully saturated rings. The van der Waals surface area contributed by atoms with Crippen molar-refractivity contribution < 1.29 is 9.47 Å². The molecule has 2 rings (SSSR count). The molecule has 0 atom stereocenters. The fourth-order valence-corrected chi connectivity index (χ4v) is 2.77. The van der Waals surface area contributed by atoms with E-state index in [0.29, 0.717) is 4.75 Å². The molecule has 1 aromatic carbocycles. The molecule has 18 heavy (non-hydrogen) atoms. The van der Waals surface area contributed by atoms with E-state index in [-0.39, 0.29) is 0 Å². The second-order valence-corrected chi connectivity index (χ2v) is 5.94. The first-order valence-electron chi connectivity index (χ1n) is 6.20. The molecule has 1 aromatic rings. The van der Waals surface area contributed by atoms with Gasteiger partial charge >= 0.3 is 0 Å². The Morgan fingerprint density at radius 2 is 2.06 bits per heavy atom. The average molecular weight is 267 g/mol. The summed E-state index contributed by atoms with van der Waals surface area (Å²) in [7, 11) is 3.37. The largest absolute Gasteiger partial charge is 0.497 e. The highest BCUT2D eigenvalue weighted by atomic mass is 32.2. The molecule has 0 radical (unpaired) electrons. The summed E-state index contributed by atoms with van der Waals surface area (Å²) < 4.78 is 11.1. The molecule has 0 spiro atoms. The Morgan fingerprint density at radius 3 is 2.61 bits per heavy atom. The van der Waals surface area contributed by atoms with Crippen LogP contribution in [0.1, 0.15) is 18.4 Å². The van der Waals surface area contributed by atoms with E-state index >= 15 is 0 Å². The number of rotatable bonds is 7. The van der Waals surface area contributed by atoms with Crippen molar-refractivity contribution in [1.29, 1.82) is 0 Å². The summed E-state index contributed by atoms with van der Waals surface area (Å²) >= 11 is 1.98. The van der Waals surface area contributed by atoms with Gasteiger partial charge in [0, 0.05) is 29.5 Å². The van der Waals surface area contributed by atoms with Crippen LogP contribution in [0.15, 0.2) is 18.2 Å². The summed E-state index contributed by atoms with van der Waals surface area (Å²) in [5.74, 6) is 1.72. The van der Waals surface area contributed by atoms with E-state index in [1.807, 2.05) is 23.9 Å². The predicted molar refractivity (Wildman–Crippen MR) is 76.7 cm³/mol. The van der Waals surface area contributed by atoms with Crippen molar-refractivity contribution in [2.75, 3.05) is 27.0 Å². The van der Waals surface area contributed by atoms with Crippen LogP contribution in [0.25, 0.3) is 0 Å². The van der Waals surface area contributed by atoms with Gasteiger partial charge in [-0.3, -0.25) is 0 Å². The summed E-state index contributed by atoms with van der Waals surface area (Å²) in [5, 5.41) is 3.53. The third-order valence-corrected chi connectivity index (χ3v) is 4.92. The standard InChI is InChI=1S/C14H21NO2S/c1-16-12-5-4-11(13(8-12)17-2)9-15-10-14(18-3)6-7-14/h4-5,8,15H,6-7,9-10H2,1-3H3. The van der Waals surface area contributed by atoms with Crippen molar-refractivity contribution in [3.8, 4) is 11.5 Å². The van der Waals surface area contributed by atoms with Gasteiger partial charge in [-0.25, -0.2) is 0 Å². The van der Waals surface area contributed by atoms with E-state index in [1.165, 1.54) is 18.4 Å². The van der Waals surface area contributed by atoms with Gasteiger partial charge in [0.15, 0.2) is 0 Å². The van der Waals surface area contributed by atoms with Crippen molar-refractivity contribution in [3.63, 3.8) is 0 Å². The lowest BCUT2D eigenvalue weighted by Crippen LogP contribution is -2.25. The van der Waals surface area contributed by atoms with E-state index < -0.39 is 0 Å².